The van der Waals surface area contributed by atoms with E-state index in [9.17, 15) is 0 Å². The Hall–Kier alpha value is -2.24. The molecule has 0 spiro atoms. The lowest BCUT2D eigenvalue weighted by atomic mass is 10.2. The van der Waals surface area contributed by atoms with E-state index in [0.717, 1.165) is 55.1 Å². The molecule has 1 saturated heterocycles. The molecule has 1 aromatic carbocycles. The number of pyridine rings is 1. The fourth-order valence-corrected chi connectivity index (χ4v) is 2.92. The van der Waals surface area contributed by atoms with E-state index < -0.39 is 0 Å². The van der Waals surface area contributed by atoms with Gasteiger partial charge in [-0.1, -0.05) is 6.07 Å². The average Bonchev–Trinajstić information content (AvgIpc) is 3.00. The number of imidazole rings is 1. The molecule has 3 aromatic rings. The molecule has 2 N–H and O–H groups in total. The summed E-state index contributed by atoms with van der Waals surface area (Å²) in [5, 5.41) is 3.39. The van der Waals surface area contributed by atoms with Crippen molar-refractivity contribution in [2.45, 2.75) is 6.54 Å². The second-order valence-corrected chi connectivity index (χ2v) is 5.70. The van der Waals surface area contributed by atoms with E-state index in [1.54, 1.807) is 6.20 Å². The number of hydrogen-bond donors (Lipinski definition) is 2. The largest absolute Gasteiger partial charge is 0.338 e. The van der Waals surface area contributed by atoms with E-state index >= 15 is 0 Å². The van der Waals surface area contributed by atoms with Crippen molar-refractivity contribution in [3.63, 3.8) is 0 Å². The van der Waals surface area contributed by atoms with Crippen molar-refractivity contribution in [3.8, 4) is 11.4 Å². The number of piperazine rings is 1. The number of H-pyrrole nitrogens is 1. The number of benzene rings is 1. The fraction of sp³-hybridized carbons (Fsp3) is 0.294. The molecular formula is C17H19N5. The zero-order valence-corrected chi connectivity index (χ0v) is 12.4. The number of aromatic amines is 1. The van der Waals surface area contributed by atoms with E-state index in [2.05, 4.69) is 43.4 Å². The van der Waals surface area contributed by atoms with Crippen LogP contribution in [0.3, 0.4) is 0 Å². The Bertz CT molecular complexity index is 759. The third-order valence-corrected chi connectivity index (χ3v) is 4.10. The van der Waals surface area contributed by atoms with Crippen LogP contribution in [0.25, 0.3) is 22.4 Å². The molecule has 0 unspecified atom stereocenters. The molecule has 5 nitrogen and oxygen atoms in total. The van der Waals surface area contributed by atoms with Gasteiger partial charge in [0.15, 0.2) is 0 Å². The SMILES string of the molecule is c1cncc(-c2nc3ccc(CN4CCNCC4)cc3[nH]2)c1. The second kappa shape index (κ2) is 5.87. The molecule has 0 atom stereocenters. The Labute approximate surface area is 129 Å². The Kier molecular flexibility index (Phi) is 3.58. The molecule has 112 valence electrons. The van der Waals surface area contributed by atoms with Gasteiger partial charge in [0.1, 0.15) is 5.82 Å². The van der Waals surface area contributed by atoms with Gasteiger partial charge >= 0.3 is 0 Å². The lowest BCUT2D eigenvalue weighted by Crippen LogP contribution is -2.42. The first kappa shape index (κ1) is 13.4. The highest BCUT2D eigenvalue weighted by atomic mass is 15.2. The van der Waals surface area contributed by atoms with Crippen LogP contribution >= 0.6 is 0 Å². The van der Waals surface area contributed by atoms with Crippen molar-refractivity contribution in [1.29, 1.82) is 0 Å². The minimum Gasteiger partial charge on any atom is -0.338 e. The first-order valence-electron chi connectivity index (χ1n) is 7.71. The van der Waals surface area contributed by atoms with Gasteiger partial charge in [0.05, 0.1) is 11.0 Å². The van der Waals surface area contributed by atoms with Gasteiger partial charge in [-0.25, -0.2) is 4.98 Å². The Morgan fingerprint density at radius 2 is 2.05 bits per heavy atom. The third kappa shape index (κ3) is 2.73. The van der Waals surface area contributed by atoms with Crippen molar-refractivity contribution >= 4 is 11.0 Å². The van der Waals surface area contributed by atoms with Gasteiger partial charge < -0.3 is 10.3 Å². The van der Waals surface area contributed by atoms with Crippen molar-refractivity contribution in [2.24, 2.45) is 0 Å². The Balaban J connectivity index is 1.60. The quantitative estimate of drug-likeness (QED) is 0.776. The van der Waals surface area contributed by atoms with E-state index in [0.29, 0.717) is 0 Å². The third-order valence-electron chi connectivity index (χ3n) is 4.10. The van der Waals surface area contributed by atoms with Crippen LogP contribution in [0.2, 0.25) is 0 Å². The monoisotopic (exact) mass is 293 g/mol. The summed E-state index contributed by atoms with van der Waals surface area (Å²) in [7, 11) is 0. The summed E-state index contributed by atoms with van der Waals surface area (Å²) in [4.78, 5) is 14.7. The number of fused-ring (bicyclic) bond motifs is 1. The van der Waals surface area contributed by atoms with Gasteiger partial charge in [0.25, 0.3) is 0 Å². The first-order valence-corrected chi connectivity index (χ1v) is 7.71. The molecule has 1 aliphatic heterocycles. The van der Waals surface area contributed by atoms with Crippen molar-refractivity contribution in [2.75, 3.05) is 26.2 Å². The van der Waals surface area contributed by atoms with Gasteiger partial charge in [0, 0.05) is 50.7 Å². The maximum atomic E-state index is 4.65. The minimum absolute atomic E-state index is 0.877. The standard InChI is InChI=1S/C17H19N5/c1-2-14(11-19-5-1)17-20-15-4-3-13(10-16(15)21-17)12-22-8-6-18-7-9-22/h1-5,10-11,18H,6-9,12H2,(H,20,21). The molecule has 1 fully saturated rings. The molecule has 2 aromatic heterocycles. The van der Waals surface area contributed by atoms with Crippen molar-refractivity contribution in [3.05, 3.63) is 48.3 Å². The number of rotatable bonds is 3. The predicted molar refractivity (Wildman–Crippen MR) is 87.5 cm³/mol. The summed E-state index contributed by atoms with van der Waals surface area (Å²) >= 11 is 0. The minimum atomic E-state index is 0.877. The summed E-state index contributed by atoms with van der Waals surface area (Å²) in [6.45, 7) is 5.39. The van der Waals surface area contributed by atoms with Crippen molar-refractivity contribution < 1.29 is 0 Å². The van der Waals surface area contributed by atoms with Crippen LogP contribution in [-0.2, 0) is 6.54 Å². The number of hydrogen-bond acceptors (Lipinski definition) is 4. The molecule has 1 aliphatic rings. The van der Waals surface area contributed by atoms with E-state index in [1.807, 2.05) is 18.3 Å². The lowest BCUT2D eigenvalue weighted by Gasteiger charge is -2.27. The fourth-order valence-electron chi connectivity index (χ4n) is 2.92. The van der Waals surface area contributed by atoms with Crippen LogP contribution in [0, 0.1) is 0 Å². The maximum absolute atomic E-state index is 4.65. The molecule has 4 rings (SSSR count). The highest BCUT2D eigenvalue weighted by Crippen LogP contribution is 2.21. The molecule has 0 radical (unpaired) electrons. The van der Waals surface area contributed by atoms with Gasteiger partial charge in [-0.3, -0.25) is 9.88 Å². The molecule has 22 heavy (non-hydrogen) atoms. The lowest BCUT2D eigenvalue weighted by molar-refractivity contribution is 0.233. The average molecular weight is 293 g/mol. The molecule has 0 bridgehead atoms. The van der Waals surface area contributed by atoms with Crippen LogP contribution < -0.4 is 5.32 Å². The molecule has 0 saturated carbocycles. The van der Waals surface area contributed by atoms with Gasteiger partial charge in [-0.05, 0) is 29.8 Å². The van der Waals surface area contributed by atoms with Crippen LogP contribution in [0.1, 0.15) is 5.56 Å². The molecule has 0 aliphatic carbocycles. The molecule has 5 heteroatoms. The van der Waals surface area contributed by atoms with Gasteiger partial charge in [0.2, 0.25) is 0 Å². The summed E-state index contributed by atoms with van der Waals surface area (Å²) in [6.07, 6.45) is 3.61. The van der Waals surface area contributed by atoms with E-state index in [4.69, 9.17) is 0 Å². The maximum Gasteiger partial charge on any atom is 0.140 e. The summed E-state index contributed by atoms with van der Waals surface area (Å²) in [5.74, 6) is 0.877. The zero-order valence-electron chi connectivity index (χ0n) is 12.4. The smallest absolute Gasteiger partial charge is 0.140 e. The topological polar surface area (TPSA) is 56.8 Å². The van der Waals surface area contributed by atoms with Gasteiger partial charge in [-0.2, -0.15) is 0 Å². The second-order valence-electron chi connectivity index (χ2n) is 5.70. The molecule has 3 heterocycles. The highest BCUT2D eigenvalue weighted by molar-refractivity contribution is 5.79. The summed E-state index contributed by atoms with van der Waals surface area (Å²) in [6, 6.07) is 10.4. The first-order chi connectivity index (χ1) is 10.9. The Morgan fingerprint density at radius 1 is 1.14 bits per heavy atom. The van der Waals surface area contributed by atoms with Crippen molar-refractivity contribution in [1.82, 2.24) is 25.2 Å². The normalized spacial score (nSPS) is 16.2. The van der Waals surface area contributed by atoms with Crippen LogP contribution in [0.15, 0.2) is 42.7 Å². The Morgan fingerprint density at radius 3 is 2.86 bits per heavy atom. The van der Waals surface area contributed by atoms with E-state index in [1.165, 1.54) is 5.56 Å². The summed E-state index contributed by atoms with van der Waals surface area (Å²) in [5.41, 5.74) is 4.44. The highest BCUT2D eigenvalue weighted by Gasteiger charge is 2.11. The van der Waals surface area contributed by atoms with Crippen LogP contribution in [0.4, 0.5) is 0 Å². The van der Waals surface area contributed by atoms with Crippen LogP contribution in [0.5, 0.6) is 0 Å². The summed E-state index contributed by atoms with van der Waals surface area (Å²) < 4.78 is 0. The van der Waals surface area contributed by atoms with Gasteiger partial charge in [-0.15, -0.1) is 0 Å². The number of nitrogens with one attached hydrogen (secondary N) is 2. The predicted octanol–water partition coefficient (Wildman–Crippen LogP) is 2.03. The van der Waals surface area contributed by atoms with E-state index in [-0.39, 0.29) is 0 Å². The van der Waals surface area contributed by atoms with Crippen LogP contribution in [-0.4, -0.2) is 46.0 Å². The molecular weight excluding hydrogens is 274 g/mol. The number of aromatic nitrogens is 3. The number of nitrogens with zero attached hydrogens (tertiary/aromatic N) is 3. The molecule has 0 amide bonds. The zero-order chi connectivity index (χ0) is 14.8.